The molecule has 0 radical (unpaired) electrons. The van der Waals surface area contributed by atoms with Crippen LogP contribution in [0.1, 0.15) is 38.8 Å². The lowest BCUT2D eigenvalue weighted by Crippen LogP contribution is -2.20. The third-order valence-corrected chi connectivity index (χ3v) is 2.32. The molecule has 1 rings (SSSR count). The first-order chi connectivity index (χ1) is 6.60. The van der Waals surface area contributed by atoms with Gasteiger partial charge in [-0.1, -0.05) is 18.2 Å². The Labute approximate surface area is 90.0 Å². The summed E-state index contributed by atoms with van der Waals surface area (Å²) in [5, 5.41) is 30.9. The van der Waals surface area contributed by atoms with E-state index in [9.17, 15) is 15.3 Å². The maximum atomic E-state index is 11.4. The second-order valence-electron chi connectivity index (χ2n) is 4.86. The Morgan fingerprint density at radius 3 is 1.47 bits per heavy atom. The molecule has 0 amide bonds. The minimum absolute atomic E-state index is 0.202. The van der Waals surface area contributed by atoms with Gasteiger partial charge in [0.2, 0.25) is 0 Å². The molecule has 2 N–H and O–H groups in total. The van der Waals surface area contributed by atoms with Crippen molar-refractivity contribution in [3.05, 3.63) is 29.3 Å². The topological polar surface area (TPSA) is 63.5 Å². The van der Waals surface area contributed by atoms with Crippen LogP contribution in [-0.4, -0.2) is 10.2 Å². The fourth-order valence-corrected chi connectivity index (χ4v) is 1.31. The summed E-state index contributed by atoms with van der Waals surface area (Å²) in [4.78, 5) is 0. The van der Waals surface area contributed by atoms with Crippen LogP contribution in [0.2, 0.25) is 0 Å². The third kappa shape index (κ3) is 2.94. The predicted octanol–water partition coefficient (Wildman–Crippen LogP) is 1.21. The summed E-state index contributed by atoms with van der Waals surface area (Å²) in [5.74, 6) is -0.202. The summed E-state index contributed by atoms with van der Waals surface area (Å²) in [6, 6.07) is 4.42. The zero-order chi connectivity index (χ0) is 11.9. The van der Waals surface area contributed by atoms with Crippen molar-refractivity contribution < 1.29 is 15.3 Å². The molecule has 84 valence electrons. The average molecular weight is 209 g/mol. The van der Waals surface area contributed by atoms with Gasteiger partial charge in [-0.15, -0.1) is 5.75 Å². The molecule has 3 nitrogen and oxygen atoms in total. The van der Waals surface area contributed by atoms with Crippen molar-refractivity contribution in [2.75, 3.05) is 0 Å². The third-order valence-electron chi connectivity index (χ3n) is 2.32. The lowest BCUT2D eigenvalue weighted by Gasteiger charge is -2.25. The van der Waals surface area contributed by atoms with Crippen LogP contribution in [0, 0.1) is 0 Å². The normalized spacial score (nSPS) is 12.9. The van der Waals surface area contributed by atoms with Gasteiger partial charge in [-0.25, -0.2) is 0 Å². The summed E-state index contributed by atoms with van der Waals surface area (Å²) in [6.45, 7) is 6.43. The first-order valence-electron chi connectivity index (χ1n) is 4.88. The maximum absolute atomic E-state index is 11.4. The van der Waals surface area contributed by atoms with E-state index in [1.54, 1.807) is 33.8 Å². The summed E-state index contributed by atoms with van der Waals surface area (Å²) in [7, 11) is 0. The molecule has 0 saturated heterocycles. The van der Waals surface area contributed by atoms with Crippen LogP contribution in [0.15, 0.2) is 18.2 Å². The Hall–Kier alpha value is -1.06. The summed E-state index contributed by atoms with van der Waals surface area (Å²) >= 11 is 0. The van der Waals surface area contributed by atoms with Crippen LogP contribution >= 0.6 is 0 Å². The van der Waals surface area contributed by atoms with Crippen molar-refractivity contribution in [3.63, 3.8) is 0 Å². The molecule has 0 heterocycles. The molecule has 0 fully saturated rings. The maximum Gasteiger partial charge on any atom is 0.0840 e. The minimum Gasteiger partial charge on any atom is -0.872 e. The lowest BCUT2D eigenvalue weighted by molar-refractivity contribution is -0.268. The van der Waals surface area contributed by atoms with Crippen molar-refractivity contribution in [3.8, 4) is 5.75 Å². The second kappa shape index (κ2) is 3.51. The van der Waals surface area contributed by atoms with Gasteiger partial charge in [-0.2, -0.15) is 0 Å². The van der Waals surface area contributed by atoms with Crippen molar-refractivity contribution in [1.29, 1.82) is 0 Å². The van der Waals surface area contributed by atoms with Gasteiger partial charge in [0.1, 0.15) is 0 Å². The van der Waals surface area contributed by atoms with E-state index in [0.29, 0.717) is 11.1 Å². The number of hydrogen-bond donors (Lipinski definition) is 2. The number of rotatable bonds is 2. The molecule has 0 aliphatic carbocycles. The summed E-state index contributed by atoms with van der Waals surface area (Å²) in [5.41, 5.74) is -1.10. The van der Waals surface area contributed by atoms with Crippen molar-refractivity contribution >= 4 is 0 Å². The molecule has 1 aromatic carbocycles. The molecular formula is C12H17O3-. The van der Waals surface area contributed by atoms with Crippen LogP contribution < -0.4 is 5.11 Å². The molecule has 0 atom stereocenters. The highest BCUT2D eigenvalue weighted by atomic mass is 16.3. The van der Waals surface area contributed by atoms with Gasteiger partial charge in [0.15, 0.2) is 0 Å². The number of hydrogen-bond acceptors (Lipinski definition) is 3. The van der Waals surface area contributed by atoms with Gasteiger partial charge < -0.3 is 15.3 Å². The van der Waals surface area contributed by atoms with E-state index in [1.807, 2.05) is 0 Å². The van der Waals surface area contributed by atoms with Crippen LogP contribution in [0.5, 0.6) is 5.75 Å². The quantitative estimate of drug-likeness (QED) is 0.769. The van der Waals surface area contributed by atoms with Gasteiger partial charge in [0, 0.05) is 0 Å². The van der Waals surface area contributed by atoms with E-state index in [4.69, 9.17) is 0 Å². The molecule has 0 bridgehead atoms. The number of aliphatic hydroxyl groups is 2. The van der Waals surface area contributed by atoms with Gasteiger partial charge in [-0.05, 0) is 38.8 Å². The van der Waals surface area contributed by atoms with E-state index in [2.05, 4.69) is 0 Å². The van der Waals surface area contributed by atoms with Crippen LogP contribution in [-0.2, 0) is 11.2 Å². The van der Waals surface area contributed by atoms with Gasteiger partial charge in [0.05, 0.1) is 11.2 Å². The molecule has 0 aliphatic heterocycles. The Bertz CT molecular complexity index is 324. The van der Waals surface area contributed by atoms with E-state index < -0.39 is 11.2 Å². The fraction of sp³-hybridized carbons (Fsp3) is 0.500. The van der Waals surface area contributed by atoms with Crippen molar-refractivity contribution in [1.82, 2.24) is 0 Å². The van der Waals surface area contributed by atoms with Gasteiger partial charge in [-0.3, -0.25) is 0 Å². The second-order valence-corrected chi connectivity index (χ2v) is 4.86. The summed E-state index contributed by atoms with van der Waals surface area (Å²) in [6.07, 6.45) is 0. The van der Waals surface area contributed by atoms with E-state index in [0.717, 1.165) is 0 Å². The summed E-state index contributed by atoms with van der Waals surface area (Å²) < 4.78 is 0. The van der Waals surface area contributed by atoms with E-state index in [1.165, 1.54) is 12.1 Å². The van der Waals surface area contributed by atoms with Crippen LogP contribution in [0.25, 0.3) is 0 Å². The van der Waals surface area contributed by atoms with Gasteiger partial charge in [0.25, 0.3) is 0 Å². The Kier molecular flexibility index (Phi) is 2.81. The fourth-order valence-electron chi connectivity index (χ4n) is 1.31. The molecule has 0 saturated carbocycles. The SMILES string of the molecule is CC(C)(O)c1cc([O-])cc(C(C)(C)O)c1. The first kappa shape index (κ1) is 12.0. The van der Waals surface area contributed by atoms with Crippen LogP contribution in [0.3, 0.4) is 0 Å². The molecule has 1 aromatic rings. The smallest absolute Gasteiger partial charge is 0.0840 e. The largest absolute Gasteiger partial charge is 0.872 e. The van der Waals surface area contributed by atoms with E-state index in [-0.39, 0.29) is 5.75 Å². The highest BCUT2D eigenvalue weighted by Crippen LogP contribution is 2.29. The molecule has 0 aliphatic rings. The monoisotopic (exact) mass is 209 g/mol. The highest BCUT2D eigenvalue weighted by Gasteiger charge is 2.21. The Morgan fingerprint density at radius 2 is 1.20 bits per heavy atom. The average Bonchev–Trinajstić information content (AvgIpc) is 1.99. The Morgan fingerprint density at radius 1 is 0.867 bits per heavy atom. The first-order valence-corrected chi connectivity index (χ1v) is 4.88. The molecule has 0 unspecified atom stereocenters. The molecule has 3 heteroatoms. The van der Waals surface area contributed by atoms with Gasteiger partial charge >= 0.3 is 0 Å². The number of benzene rings is 1. The zero-order valence-electron chi connectivity index (χ0n) is 9.53. The highest BCUT2D eigenvalue weighted by molar-refractivity contribution is 5.37. The predicted molar refractivity (Wildman–Crippen MR) is 56.4 cm³/mol. The zero-order valence-corrected chi connectivity index (χ0v) is 9.53. The molecular weight excluding hydrogens is 192 g/mol. The Balaban J connectivity index is 3.30. The molecule has 15 heavy (non-hydrogen) atoms. The standard InChI is InChI=1S/C12H18O3/c1-11(2,14)8-5-9(12(3,4)15)7-10(13)6-8/h5-7,13-15H,1-4H3/p-1. The molecule has 0 aromatic heterocycles. The lowest BCUT2D eigenvalue weighted by atomic mass is 9.90. The van der Waals surface area contributed by atoms with Crippen LogP contribution in [0.4, 0.5) is 0 Å². The minimum atomic E-state index is -1.07. The van der Waals surface area contributed by atoms with Crippen molar-refractivity contribution in [2.24, 2.45) is 0 Å². The van der Waals surface area contributed by atoms with Crippen molar-refractivity contribution in [2.45, 2.75) is 38.9 Å². The molecule has 0 spiro atoms. The van der Waals surface area contributed by atoms with E-state index >= 15 is 0 Å².